The van der Waals surface area contributed by atoms with E-state index >= 15 is 0 Å². The summed E-state index contributed by atoms with van der Waals surface area (Å²) in [6.07, 6.45) is 2.41. The first-order valence-corrected chi connectivity index (χ1v) is 7.73. The van der Waals surface area contributed by atoms with Crippen LogP contribution in [0.1, 0.15) is 12.0 Å². The summed E-state index contributed by atoms with van der Waals surface area (Å²) in [6, 6.07) is 8.89. The number of nitro groups is 1. The number of nitrogens with zero attached hydrogens (tertiary/aromatic N) is 4. The molecule has 1 aliphatic rings. The van der Waals surface area contributed by atoms with Gasteiger partial charge in [0.1, 0.15) is 12.1 Å². The highest BCUT2D eigenvalue weighted by Crippen LogP contribution is 2.23. The van der Waals surface area contributed by atoms with Gasteiger partial charge in [-0.1, -0.05) is 18.2 Å². The maximum absolute atomic E-state index is 11.1. The number of nitro benzene ring substituents is 1. The number of methoxy groups -OCH3 is 1. The predicted molar refractivity (Wildman–Crippen MR) is 89.0 cm³/mol. The number of likely N-dealkylation sites (tertiary alicyclic amines) is 1. The number of nitrogens with one attached hydrogen (secondary N) is 1. The third-order valence-corrected chi connectivity index (χ3v) is 4.06. The maximum Gasteiger partial charge on any atom is 0.273 e. The number of ether oxygens (including phenoxy) is 1. The van der Waals surface area contributed by atoms with E-state index in [1.165, 1.54) is 6.33 Å². The Bertz CT molecular complexity index is 724. The summed E-state index contributed by atoms with van der Waals surface area (Å²) < 4.78 is 5.09. The van der Waals surface area contributed by atoms with Gasteiger partial charge in [0.05, 0.1) is 12.0 Å². The van der Waals surface area contributed by atoms with E-state index in [1.807, 2.05) is 12.1 Å². The third kappa shape index (κ3) is 3.77. The Morgan fingerprint density at radius 2 is 2.25 bits per heavy atom. The van der Waals surface area contributed by atoms with Crippen molar-refractivity contribution in [2.24, 2.45) is 0 Å². The van der Waals surface area contributed by atoms with Crippen LogP contribution >= 0.6 is 0 Å². The van der Waals surface area contributed by atoms with Crippen molar-refractivity contribution in [1.82, 2.24) is 14.9 Å². The molecular formula is C16H19N5O3. The van der Waals surface area contributed by atoms with Gasteiger partial charge in [0.15, 0.2) is 0 Å². The van der Waals surface area contributed by atoms with Crippen LogP contribution in [0, 0.1) is 10.1 Å². The lowest BCUT2D eigenvalue weighted by atomic mass is 10.1. The normalized spacial score (nSPS) is 17.6. The molecule has 1 aromatic carbocycles. The smallest absolute Gasteiger partial charge is 0.273 e. The molecule has 24 heavy (non-hydrogen) atoms. The van der Waals surface area contributed by atoms with Crippen molar-refractivity contribution in [2.45, 2.75) is 19.0 Å². The van der Waals surface area contributed by atoms with Crippen LogP contribution in [-0.2, 0) is 6.54 Å². The van der Waals surface area contributed by atoms with Crippen LogP contribution in [0.2, 0.25) is 0 Å². The molecule has 3 rings (SSSR count). The lowest BCUT2D eigenvalue weighted by Gasteiger charge is -2.17. The van der Waals surface area contributed by atoms with Crippen LogP contribution < -0.4 is 10.1 Å². The average Bonchev–Trinajstić information content (AvgIpc) is 3.02. The monoisotopic (exact) mass is 329 g/mol. The van der Waals surface area contributed by atoms with Gasteiger partial charge in [0.2, 0.25) is 5.88 Å². The van der Waals surface area contributed by atoms with Crippen molar-refractivity contribution in [2.75, 3.05) is 25.5 Å². The Labute approximate surface area is 139 Å². The van der Waals surface area contributed by atoms with E-state index in [-0.39, 0.29) is 16.7 Å². The molecule has 1 unspecified atom stereocenters. The summed E-state index contributed by atoms with van der Waals surface area (Å²) in [5, 5.41) is 14.5. The van der Waals surface area contributed by atoms with Crippen LogP contribution in [-0.4, -0.2) is 46.0 Å². The van der Waals surface area contributed by atoms with Crippen molar-refractivity contribution >= 4 is 11.5 Å². The number of benzene rings is 1. The van der Waals surface area contributed by atoms with Crippen molar-refractivity contribution in [3.63, 3.8) is 0 Å². The van der Waals surface area contributed by atoms with Gasteiger partial charge in [0, 0.05) is 43.4 Å². The zero-order valence-corrected chi connectivity index (χ0v) is 13.4. The zero-order chi connectivity index (χ0) is 16.9. The fraction of sp³-hybridized carbons (Fsp3) is 0.375. The molecule has 1 saturated heterocycles. The lowest BCUT2D eigenvalue weighted by molar-refractivity contribution is -0.385. The summed E-state index contributed by atoms with van der Waals surface area (Å²) in [4.78, 5) is 21.2. The third-order valence-electron chi connectivity index (χ3n) is 4.06. The topological polar surface area (TPSA) is 93.4 Å². The number of rotatable bonds is 6. The van der Waals surface area contributed by atoms with E-state index in [2.05, 4.69) is 20.2 Å². The molecule has 0 bridgehead atoms. The number of hydrogen-bond acceptors (Lipinski definition) is 7. The quantitative estimate of drug-likeness (QED) is 0.640. The molecule has 1 aromatic heterocycles. The second-order valence-electron chi connectivity index (χ2n) is 5.70. The minimum absolute atomic E-state index is 0.175. The Hall–Kier alpha value is -2.74. The molecule has 8 heteroatoms. The average molecular weight is 329 g/mol. The van der Waals surface area contributed by atoms with Crippen molar-refractivity contribution < 1.29 is 9.66 Å². The molecule has 0 saturated carbocycles. The maximum atomic E-state index is 11.1. The minimum Gasteiger partial charge on any atom is -0.481 e. The number of aromatic nitrogens is 2. The molecule has 0 radical (unpaired) electrons. The Morgan fingerprint density at radius 1 is 1.42 bits per heavy atom. The molecule has 2 aromatic rings. The van der Waals surface area contributed by atoms with Gasteiger partial charge < -0.3 is 10.1 Å². The van der Waals surface area contributed by atoms with Gasteiger partial charge >= 0.3 is 0 Å². The van der Waals surface area contributed by atoms with E-state index < -0.39 is 0 Å². The van der Waals surface area contributed by atoms with Crippen LogP contribution in [0.4, 0.5) is 11.5 Å². The van der Waals surface area contributed by atoms with E-state index in [0.717, 1.165) is 30.9 Å². The van der Waals surface area contributed by atoms with Crippen LogP contribution in [0.5, 0.6) is 5.88 Å². The first-order chi connectivity index (χ1) is 11.7. The molecule has 1 aliphatic heterocycles. The van der Waals surface area contributed by atoms with Crippen LogP contribution in [0.25, 0.3) is 0 Å². The van der Waals surface area contributed by atoms with Gasteiger partial charge in [-0.2, -0.15) is 0 Å². The number of anilines is 1. The molecule has 0 spiro atoms. The van der Waals surface area contributed by atoms with Gasteiger partial charge in [-0.05, 0) is 6.42 Å². The molecule has 126 valence electrons. The SMILES string of the molecule is COc1cc(NC2CCN(Cc3ccccc3[N+](=O)[O-])C2)ncn1. The second-order valence-corrected chi connectivity index (χ2v) is 5.70. The molecule has 0 amide bonds. The van der Waals surface area contributed by atoms with E-state index in [0.29, 0.717) is 12.4 Å². The Balaban J connectivity index is 1.60. The van der Waals surface area contributed by atoms with Gasteiger partial charge in [0.25, 0.3) is 5.69 Å². The fourth-order valence-electron chi connectivity index (χ4n) is 2.90. The van der Waals surface area contributed by atoms with Gasteiger partial charge in [-0.15, -0.1) is 0 Å². The fourth-order valence-corrected chi connectivity index (χ4v) is 2.90. The van der Waals surface area contributed by atoms with Gasteiger partial charge in [-0.3, -0.25) is 15.0 Å². The Morgan fingerprint density at radius 3 is 3.04 bits per heavy atom. The predicted octanol–water partition coefficient (Wildman–Crippen LogP) is 2.08. The first-order valence-electron chi connectivity index (χ1n) is 7.73. The van der Waals surface area contributed by atoms with Crippen molar-refractivity contribution in [1.29, 1.82) is 0 Å². The lowest BCUT2D eigenvalue weighted by Crippen LogP contribution is -2.26. The van der Waals surface area contributed by atoms with Crippen LogP contribution in [0.3, 0.4) is 0 Å². The zero-order valence-electron chi connectivity index (χ0n) is 13.4. The highest BCUT2D eigenvalue weighted by atomic mass is 16.6. The summed E-state index contributed by atoms with van der Waals surface area (Å²) in [6.45, 7) is 2.26. The second kappa shape index (κ2) is 7.22. The van der Waals surface area contributed by atoms with E-state index in [1.54, 1.807) is 25.3 Å². The largest absolute Gasteiger partial charge is 0.481 e. The Kier molecular flexibility index (Phi) is 4.85. The molecule has 1 N–H and O–H groups in total. The van der Waals surface area contributed by atoms with Crippen molar-refractivity contribution in [3.8, 4) is 5.88 Å². The summed E-state index contributed by atoms with van der Waals surface area (Å²) >= 11 is 0. The molecule has 0 aliphatic carbocycles. The van der Waals surface area contributed by atoms with E-state index in [4.69, 9.17) is 4.74 Å². The van der Waals surface area contributed by atoms with Gasteiger partial charge in [-0.25, -0.2) is 9.97 Å². The number of hydrogen-bond donors (Lipinski definition) is 1. The summed E-state index contributed by atoms with van der Waals surface area (Å²) in [5.41, 5.74) is 0.918. The van der Waals surface area contributed by atoms with E-state index in [9.17, 15) is 10.1 Å². The van der Waals surface area contributed by atoms with Crippen molar-refractivity contribution in [3.05, 3.63) is 52.3 Å². The minimum atomic E-state index is -0.325. The highest BCUT2D eigenvalue weighted by Gasteiger charge is 2.25. The standard InChI is InChI=1S/C16H19N5O3/c1-24-16-8-15(17-11-18-16)19-13-6-7-20(10-13)9-12-4-2-3-5-14(12)21(22)23/h2-5,8,11,13H,6-7,9-10H2,1H3,(H,17,18,19). The van der Waals surface area contributed by atoms with Crippen LogP contribution in [0.15, 0.2) is 36.7 Å². The summed E-state index contributed by atoms with van der Waals surface area (Å²) in [7, 11) is 1.57. The molecule has 2 heterocycles. The molecule has 1 atom stereocenters. The highest BCUT2D eigenvalue weighted by molar-refractivity contribution is 5.40. The first kappa shape index (κ1) is 16.1. The molecular weight excluding hydrogens is 310 g/mol. The molecule has 1 fully saturated rings. The number of para-hydroxylation sites is 1. The summed E-state index contributed by atoms with van der Waals surface area (Å²) in [5.74, 6) is 1.24. The molecule has 8 nitrogen and oxygen atoms in total.